The number of amides is 2. The lowest BCUT2D eigenvalue weighted by Gasteiger charge is -2.47. The van der Waals surface area contributed by atoms with Crippen molar-refractivity contribution in [2.24, 2.45) is 11.7 Å². The van der Waals surface area contributed by atoms with Gasteiger partial charge in [0.1, 0.15) is 24.4 Å². The fraction of sp³-hybridized carbons (Fsp3) is 0.958. The van der Waals surface area contributed by atoms with Crippen LogP contribution in [-0.2, 0) is 14.3 Å². The first-order valence-corrected chi connectivity index (χ1v) is 24.7. The normalized spacial score (nSPS) is 20.3. The van der Waals surface area contributed by atoms with Crippen LogP contribution in [0.3, 0.4) is 0 Å². The number of carbonyl (C=O) groups is 2. The average Bonchev–Trinajstić information content (AvgIpc) is 3.19. The molecule has 0 aromatic rings. The molecule has 1 heterocycles. The molecule has 1 rings (SSSR count). The van der Waals surface area contributed by atoms with Crippen molar-refractivity contribution in [3.8, 4) is 0 Å². The second-order valence-electron chi connectivity index (χ2n) is 18.1. The predicted molar refractivity (Wildman–Crippen MR) is 238 cm³/mol. The molecule has 1 aliphatic rings. The van der Waals surface area contributed by atoms with E-state index in [2.05, 4.69) is 19.2 Å². The highest BCUT2D eigenvalue weighted by Crippen LogP contribution is 2.26. The first-order chi connectivity index (χ1) is 27.7. The Bertz CT molecular complexity index is 938. The van der Waals surface area contributed by atoms with Crippen molar-refractivity contribution in [1.82, 2.24) is 10.2 Å². The van der Waals surface area contributed by atoms with E-state index in [9.17, 15) is 24.9 Å². The molecule has 57 heavy (non-hydrogen) atoms. The Balaban J connectivity index is 2.64. The number of ether oxygens (including phenoxy) is 1. The molecule has 6 atom stereocenters. The number of nitrogens with zero attached hydrogens (tertiary/aromatic N) is 1. The van der Waals surface area contributed by atoms with E-state index in [-0.39, 0.29) is 11.8 Å². The molecule has 9 nitrogen and oxygen atoms in total. The molecule has 1 fully saturated rings. The van der Waals surface area contributed by atoms with Crippen molar-refractivity contribution in [3.05, 3.63) is 0 Å². The SMILES string of the molecule is CCCCCCCCCCCCCCCCCCN(C(=O)CCCCCCCCCCCCCCCCC)[C@@H]1O[C@H](CO)[C@@H](O)[C@H](O)[C@H]1NC(=O)[C@@H](N)CC(C)C. The molecule has 0 aromatic carbocycles. The Hall–Kier alpha value is -1.26. The summed E-state index contributed by atoms with van der Waals surface area (Å²) < 4.78 is 6.17. The van der Waals surface area contributed by atoms with Crippen molar-refractivity contribution in [3.63, 3.8) is 0 Å². The summed E-state index contributed by atoms with van der Waals surface area (Å²) in [7, 11) is 0. The van der Waals surface area contributed by atoms with E-state index in [4.69, 9.17) is 10.5 Å². The van der Waals surface area contributed by atoms with Crippen LogP contribution < -0.4 is 11.1 Å². The maximum absolute atomic E-state index is 14.0. The van der Waals surface area contributed by atoms with Gasteiger partial charge in [0.05, 0.1) is 12.6 Å². The molecule has 1 aliphatic heterocycles. The van der Waals surface area contributed by atoms with E-state index in [1.165, 1.54) is 161 Å². The van der Waals surface area contributed by atoms with Crippen molar-refractivity contribution < 1.29 is 29.6 Å². The second-order valence-corrected chi connectivity index (χ2v) is 18.1. The summed E-state index contributed by atoms with van der Waals surface area (Å²) in [6.07, 6.45) is 34.8. The van der Waals surface area contributed by atoms with Crippen molar-refractivity contribution in [2.75, 3.05) is 13.2 Å². The van der Waals surface area contributed by atoms with Crippen LogP contribution in [0.15, 0.2) is 0 Å². The van der Waals surface area contributed by atoms with Crippen molar-refractivity contribution in [1.29, 1.82) is 0 Å². The average molecular weight is 810 g/mol. The van der Waals surface area contributed by atoms with Crippen LogP contribution in [0.2, 0.25) is 0 Å². The maximum Gasteiger partial charge on any atom is 0.237 e. The predicted octanol–water partition coefficient (Wildman–Crippen LogP) is 10.6. The van der Waals surface area contributed by atoms with E-state index in [0.717, 1.165) is 38.5 Å². The minimum atomic E-state index is -1.43. The van der Waals surface area contributed by atoms with Gasteiger partial charge in [0.15, 0.2) is 6.23 Å². The highest BCUT2D eigenvalue weighted by Gasteiger charge is 2.48. The Morgan fingerprint density at radius 3 is 1.33 bits per heavy atom. The number of aliphatic hydroxyl groups excluding tert-OH is 3. The lowest BCUT2D eigenvalue weighted by molar-refractivity contribution is -0.231. The van der Waals surface area contributed by atoms with Gasteiger partial charge in [0.25, 0.3) is 0 Å². The van der Waals surface area contributed by atoms with Gasteiger partial charge in [-0.05, 0) is 25.2 Å². The first kappa shape index (κ1) is 53.8. The lowest BCUT2D eigenvalue weighted by atomic mass is 9.94. The smallest absolute Gasteiger partial charge is 0.237 e. The van der Waals surface area contributed by atoms with Crippen LogP contribution in [0.1, 0.15) is 240 Å². The summed E-state index contributed by atoms with van der Waals surface area (Å²) in [4.78, 5) is 28.8. The minimum absolute atomic E-state index is 0.0818. The summed E-state index contributed by atoms with van der Waals surface area (Å²) in [5, 5.41) is 34.9. The van der Waals surface area contributed by atoms with Gasteiger partial charge in [-0.3, -0.25) is 9.59 Å². The third-order valence-corrected chi connectivity index (χ3v) is 12.1. The molecule has 0 saturated carbocycles. The van der Waals surface area contributed by atoms with E-state index in [1.807, 2.05) is 13.8 Å². The lowest BCUT2D eigenvalue weighted by Crippen LogP contribution is -2.69. The third kappa shape index (κ3) is 26.5. The molecular weight excluding hydrogens is 715 g/mol. The number of rotatable bonds is 39. The largest absolute Gasteiger partial charge is 0.394 e. The van der Waals surface area contributed by atoms with Crippen molar-refractivity contribution in [2.45, 2.75) is 276 Å². The van der Waals surface area contributed by atoms with E-state index < -0.39 is 49.1 Å². The molecule has 0 radical (unpaired) electrons. The first-order valence-electron chi connectivity index (χ1n) is 24.7. The molecule has 0 unspecified atom stereocenters. The number of unbranched alkanes of at least 4 members (excludes halogenated alkanes) is 29. The highest BCUT2D eigenvalue weighted by molar-refractivity contribution is 5.82. The number of hydrogen-bond acceptors (Lipinski definition) is 7. The summed E-state index contributed by atoms with van der Waals surface area (Å²) in [5.41, 5.74) is 6.21. The highest BCUT2D eigenvalue weighted by atomic mass is 16.5. The summed E-state index contributed by atoms with van der Waals surface area (Å²) in [6, 6.07) is -1.87. The van der Waals surface area contributed by atoms with Gasteiger partial charge in [-0.1, -0.05) is 214 Å². The number of nitrogens with one attached hydrogen (secondary N) is 1. The molecule has 6 N–H and O–H groups in total. The molecule has 0 aliphatic carbocycles. The fourth-order valence-corrected chi connectivity index (χ4v) is 8.42. The standard InChI is InChI=1S/C48H95N3O6/c1-5-7-9-11-13-15-17-19-21-23-25-27-29-31-33-35-37-51(43(53)36-34-32-30-28-26-24-22-20-18-16-14-12-10-8-6-2)48-44(46(55)45(54)42(39-52)57-48)50-47(56)41(49)38-40(3)4/h40-42,44-46,48,52,54-55H,5-39,49H2,1-4H3,(H,50,56)/t41-,42+,44+,45+,46+,48+/m0/s1. The van der Waals surface area contributed by atoms with Crippen LogP contribution in [0.4, 0.5) is 0 Å². The zero-order valence-corrected chi connectivity index (χ0v) is 37.9. The molecule has 2 amide bonds. The van der Waals surface area contributed by atoms with Gasteiger partial charge < -0.3 is 36.0 Å². The number of nitrogens with two attached hydrogens (primary N) is 1. The van der Waals surface area contributed by atoms with Crippen LogP contribution in [-0.4, -0.2) is 81.8 Å². The van der Waals surface area contributed by atoms with Crippen LogP contribution >= 0.6 is 0 Å². The molecule has 9 heteroatoms. The van der Waals surface area contributed by atoms with Gasteiger partial charge in [-0.15, -0.1) is 0 Å². The Morgan fingerprint density at radius 2 is 0.965 bits per heavy atom. The summed E-state index contributed by atoms with van der Waals surface area (Å²) >= 11 is 0. The number of carbonyl (C=O) groups excluding carboxylic acids is 2. The van der Waals surface area contributed by atoms with Crippen LogP contribution in [0, 0.1) is 5.92 Å². The fourth-order valence-electron chi connectivity index (χ4n) is 8.42. The second kappa shape index (κ2) is 36.6. The Morgan fingerprint density at radius 1 is 0.596 bits per heavy atom. The zero-order chi connectivity index (χ0) is 41.9. The zero-order valence-electron chi connectivity index (χ0n) is 37.9. The van der Waals surface area contributed by atoms with Crippen LogP contribution in [0.25, 0.3) is 0 Å². The summed E-state index contributed by atoms with van der Waals surface area (Å²) in [6.45, 7) is 8.42. The topological polar surface area (TPSA) is 145 Å². The third-order valence-electron chi connectivity index (χ3n) is 12.1. The molecule has 0 bridgehead atoms. The van der Waals surface area contributed by atoms with Gasteiger partial charge in [0.2, 0.25) is 11.8 Å². The molecule has 0 aromatic heterocycles. The monoisotopic (exact) mass is 810 g/mol. The number of hydrogen-bond donors (Lipinski definition) is 5. The van der Waals surface area contributed by atoms with Crippen molar-refractivity contribution >= 4 is 11.8 Å². The molecule has 0 spiro atoms. The van der Waals surface area contributed by atoms with Crippen LogP contribution in [0.5, 0.6) is 0 Å². The van der Waals surface area contributed by atoms with Gasteiger partial charge in [-0.25, -0.2) is 0 Å². The Labute approximate surface area is 351 Å². The summed E-state index contributed by atoms with van der Waals surface area (Å²) in [5.74, 6) is -0.337. The Kier molecular flexibility index (Phi) is 34.5. The quantitative estimate of drug-likeness (QED) is 0.0389. The molecular formula is C48H95N3O6. The van der Waals surface area contributed by atoms with Gasteiger partial charge >= 0.3 is 0 Å². The van der Waals surface area contributed by atoms with E-state index in [0.29, 0.717) is 19.4 Å². The van der Waals surface area contributed by atoms with E-state index in [1.54, 1.807) is 4.90 Å². The molecule has 1 saturated heterocycles. The van der Waals surface area contributed by atoms with Gasteiger partial charge in [0, 0.05) is 13.0 Å². The number of aliphatic hydroxyl groups is 3. The maximum atomic E-state index is 14.0. The minimum Gasteiger partial charge on any atom is -0.394 e. The van der Waals surface area contributed by atoms with Gasteiger partial charge in [-0.2, -0.15) is 0 Å². The van der Waals surface area contributed by atoms with E-state index >= 15 is 0 Å². The molecule has 338 valence electrons.